The Bertz CT molecular complexity index is 832. The molecule has 5 nitrogen and oxygen atoms in total. The maximum atomic E-state index is 13.2. The van der Waals surface area contributed by atoms with E-state index in [4.69, 9.17) is 4.42 Å². The fourth-order valence-electron chi connectivity index (χ4n) is 5.20. The van der Waals surface area contributed by atoms with Crippen LogP contribution in [0.5, 0.6) is 0 Å². The van der Waals surface area contributed by atoms with Crippen molar-refractivity contribution in [2.45, 2.75) is 53.0 Å². The predicted octanol–water partition coefficient (Wildman–Crippen LogP) is 4.03. The fraction of sp³-hybridized carbons (Fsp3) is 0.600. The van der Waals surface area contributed by atoms with Gasteiger partial charge in [-0.3, -0.25) is 9.48 Å². The summed E-state index contributed by atoms with van der Waals surface area (Å²) in [6.07, 6.45) is 3.38. The second-order valence-electron chi connectivity index (χ2n) is 9.10. The van der Waals surface area contributed by atoms with Crippen molar-refractivity contribution in [1.82, 2.24) is 14.7 Å². The molecule has 25 heavy (non-hydrogen) atoms. The number of carbonyl (C=O) groups is 1. The first kappa shape index (κ1) is 16.4. The Morgan fingerprint density at radius 1 is 1.28 bits per heavy atom. The van der Waals surface area contributed by atoms with E-state index in [1.165, 1.54) is 6.42 Å². The molecular formula is C20H27N3O2. The molecule has 3 heterocycles. The fourth-order valence-corrected chi connectivity index (χ4v) is 5.20. The number of amides is 1. The van der Waals surface area contributed by atoms with Crippen molar-refractivity contribution >= 4 is 5.91 Å². The number of rotatable bonds is 2. The van der Waals surface area contributed by atoms with Crippen LogP contribution in [0.4, 0.5) is 0 Å². The number of fused-ring (bicyclic) bond motifs is 2. The largest absolute Gasteiger partial charge is 0.460 e. The van der Waals surface area contributed by atoms with Gasteiger partial charge in [0.2, 0.25) is 0 Å². The van der Waals surface area contributed by atoms with Gasteiger partial charge in [-0.15, -0.1) is 0 Å². The van der Waals surface area contributed by atoms with E-state index < -0.39 is 0 Å². The summed E-state index contributed by atoms with van der Waals surface area (Å²) in [4.78, 5) is 15.3. The highest BCUT2D eigenvalue weighted by Crippen LogP contribution is 2.52. The highest BCUT2D eigenvalue weighted by atomic mass is 16.3. The Labute approximate surface area is 149 Å². The topological polar surface area (TPSA) is 51.3 Å². The van der Waals surface area contributed by atoms with Gasteiger partial charge in [0.05, 0.1) is 0 Å². The predicted molar refractivity (Wildman–Crippen MR) is 96.2 cm³/mol. The molecule has 0 aromatic carbocycles. The number of likely N-dealkylation sites (tertiary alicyclic amines) is 1. The van der Waals surface area contributed by atoms with Crippen LogP contribution in [0.1, 0.15) is 56.3 Å². The third-order valence-electron chi connectivity index (χ3n) is 5.77. The quantitative estimate of drug-likeness (QED) is 0.829. The van der Waals surface area contributed by atoms with Crippen molar-refractivity contribution in [3.05, 3.63) is 29.7 Å². The molecule has 1 amide bonds. The SMILES string of the molecule is Cc1ccc(-c2cc(C(=O)N3CC4(C)CC3CC(C)(C)C4)n(C)n2)o1. The Balaban J connectivity index is 1.63. The summed E-state index contributed by atoms with van der Waals surface area (Å²) in [6.45, 7) is 9.74. The Morgan fingerprint density at radius 2 is 2.04 bits per heavy atom. The Kier molecular flexibility index (Phi) is 3.44. The van der Waals surface area contributed by atoms with Gasteiger partial charge < -0.3 is 9.32 Å². The van der Waals surface area contributed by atoms with Gasteiger partial charge in [-0.2, -0.15) is 5.10 Å². The first-order valence-corrected chi connectivity index (χ1v) is 9.08. The zero-order chi connectivity index (χ0) is 18.0. The van der Waals surface area contributed by atoms with Gasteiger partial charge in [0, 0.05) is 25.7 Å². The second-order valence-corrected chi connectivity index (χ2v) is 9.10. The summed E-state index contributed by atoms with van der Waals surface area (Å²) < 4.78 is 7.34. The summed E-state index contributed by atoms with van der Waals surface area (Å²) >= 11 is 0. The second kappa shape index (κ2) is 5.23. The van der Waals surface area contributed by atoms with Crippen LogP contribution < -0.4 is 0 Å². The minimum absolute atomic E-state index is 0.0935. The monoisotopic (exact) mass is 341 g/mol. The molecule has 2 aliphatic rings. The van der Waals surface area contributed by atoms with Crippen LogP contribution in [-0.4, -0.2) is 33.2 Å². The van der Waals surface area contributed by atoms with Crippen molar-refractivity contribution in [3.63, 3.8) is 0 Å². The average molecular weight is 341 g/mol. The third kappa shape index (κ3) is 2.79. The van der Waals surface area contributed by atoms with Crippen LogP contribution in [0.25, 0.3) is 11.5 Å². The summed E-state index contributed by atoms with van der Waals surface area (Å²) in [5.41, 5.74) is 1.89. The molecule has 2 aromatic rings. The molecule has 2 atom stereocenters. The number of hydrogen-bond acceptors (Lipinski definition) is 3. The van der Waals surface area contributed by atoms with E-state index in [0.717, 1.165) is 25.1 Å². The lowest BCUT2D eigenvalue weighted by Crippen LogP contribution is -2.38. The number of hydrogen-bond donors (Lipinski definition) is 0. The van der Waals surface area contributed by atoms with Crippen LogP contribution in [-0.2, 0) is 7.05 Å². The molecular weight excluding hydrogens is 314 g/mol. The number of aryl methyl sites for hydroxylation is 2. The van der Waals surface area contributed by atoms with E-state index in [-0.39, 0.29) is 11.3 Å². The zero-order valence-electron chi connectivity index (χ0n) is 15.8. The van der Waals surface area contributed by atoms with Crippen molar-refractivity contribution in [1.29, 1.82) is 0 Å². The number of furan rings is 1. The molecule has 2 aromatic heterocycles. The summed E-state index contributed by atoms with van der Waals surface area (Å²) in [5.74, 6) is 1.65. The number of carbonyl (C=O) groups excluding carboxylic acids is 1. The molecule has 2 bridgehead atoms. The van der Waals surface area contributed by atoms with Crippen LogP contribution in [0.2, 0.25) is 0 Å². The van der Waals surface area contributed by atoms with Gasteiger partial charge in [-0.1, -0.05) is 20.8 Å². The van der Waals surface area contributed by atoms with E-state index >= 15 is 0 Å². The molecule has 2 unspecified atom stereocenters. The van der Waals surface area contributed by atoms with Crippen molar-refractivity contribution in [3.8, 4) is 11.5 Å². The smallest absolute Gasteiger partial charge is 0.272 e. The molecule has 0 N–H and O–H groups in total. The van der Waals surface area contributed by atoms with Gasteiger partial charge in [-0.25, -0.2) is 0 Å². The number of aromatic nitrogens is 2. The molecule has 5 heteroatoms. The first-order chi connectivity index (χ1) is 11.7. The molecule has 1 saturated heterocycles. The third-order valence-corrected chi connectivity index (χ3v) is 5.77. The lowest BCUT2D eigenvalue weighted by Gasteiger charge is -2.39. The first-order valence-electron chi connectivity index (χ1n) is 9.08. The molecule has 134 valence electrons. The maximum absolute atomic E-state index is 13.2. The summed E-state index contributed by atoms with van der Waals surface area (Å²) in [5, 5.41) is 4.49. The van der Waals surface area contributed by atoms with Crippen LogP contribution in [0.3, 0.4) is 0 Å². The standard InChI is InChI=1S/C20H27N3O2/c1-13-6-7-17(25-13)15-8-16(22(5)21-15)18(24)23-12-20(4)10-14(23)9-19(2,3)11-20/h6-8,14H,9-12H2,1-5H3. The minimum Gasteiger partial charge on any atom is -0.460 e. The van der Waals surface area contributed by atoms with E-state index in [9.17, 15) is 4.79 Å². The summed E-state index contributed by atoms with van der Waals surface area (Å²) in [7, 11) is 1.83. The van der Waals surface area contributed by atoms with Gasteiger partial charge in [-0.05, 0) is 49.1 Å². The lowest BCUT2D eigenvalue weighted by molar-refractivity contribution is 0.0697. The molecule has 0 spiro atoms. The van der Waals surface area contributed by atoms with E-state index in [1.807, 2.05) is 32.2 Å². The van der Waals surface area contributed by atoms with Gasteiger partial charge in [0.25, 0.3) is 5.91 Å². The van der Waals surface area contributed by atoms with Crippen molar-refractivity contribution < 1.29 is 9.21 Å². The van der Waals surface area contributed by atoms with E-state index in [1.54, 1.807) is 4.68 Å². The average Bonchev–Trinajstić information content (AvgIpc) is 3.13. The van der Waals surface area contributed by atoms with Gasteiger partial charge in [0.15, 0.2) is 5.76 Å². The van der Waals surface area contributed by atoms with Gasteiger partial charge in [0.1, 0.15) is 17.1 Å². The maximum Gasteiger partial charge on any atom is 0.272 e. The highest BCUT2D eigenvalue weighted by Gasteiger charge is 2.51. The Hall–Kier alpha value is -2.04. The minimum atomic E-state index is 0.0935. The molecule has 1 aliphatic carbocycles. The van der Waals surface area contributed by atoms with Crippen molar-refractivity contribution in [2.75, 3.05) is 6.54 Å². The summed E-state index contributed by atoms with van der Waals surface area (Å²) in [6, 6.07) is 6.01. The van der Waals surface area contributed by atoms with Crippen LogP contribution >= 0.6 is 0 Å². The highest BCUT2D eigenvalue weighted by molar-refractivity contribution is 5.94. The van der Waals surface area contributed by atoms with Crippen LogP contribution in [0.15, 0.2) is 22.6 Å². The molecule has 4 rings (SSSR count). The van der Waals surface area contributed by atoms with Crippen LogP contribution in [0, 0.1) is 17.8 Å². The Morgan fingerprint density at radius 3 is 2.72 bits per heavy atom. The molecule has 1 aliphatic heterocycles. The molecule has 1 saturated carbocycles. The van der Waals surface area contributed by atoms with Crippen molar-refractivity contribution in [2.24, 2.45) is 17.9 Å². The van der Waals surface area contributed by atoms with Gasteiger partial charge >= 0.3 is 0 Å². The molecule has 0 radical (unpaired) electrons. The van der Waals surface area contributed by atoms with E-state index in [2.05, 4.69) is 30.8 Å². The lowest BCUT2D eigenvalue weighted by atomic mass is 9.65. The zero-order valence-corrected chi connectivity index (χ0v) is 15.8. The van der Waals surface area contributed by atoms with E-state index in [0.29, 0.717) is 28.6 Å². The normalized spacial score (nSPS) is 27.7. The molecule has 2 fully saturated rings. The number of nitrogens with zero attached hydrogens (tertiary/aromatic N) is 3.